The summed E-state index contributed by atoms with van der Waals surface area (Å²) in [5.41, 5.74) is 10.3. The van der Waals surface area contributed by atoms with Crippen molar-refractivity contribution in [2.24, 2.45) is 0 Å². The van der Waals surface area contributed by atoms with E-state index in [1.54, 1.807) is 0 Å². The van der Waals surface area contributed by atoms with Gasteiger partial charge in [0.15, 0.2) is 0 Å². The highest BCUT2D eigenvalue weighted by Crippen LogP contribution is 2.57. The lowest BCUT2D eigenvalue weighted by Gasteiger charge is -2.35. The maximum Gasteiger partial charge on any atom is 0.119 e. The van der Waals surface area contributed by atoms with E-state index in [4.69, 9.17) is 9.47 Å². The van der Waals surface area contributed by atoms with Crippen LogP contribution < -0.4 is 14.4 Å². The zero-order chi connectivity index (χ0) is 29.9. The first-order valence-corrected chi connectivity index (χ1v) is 15.4. The third kappa shape index (κ3) is 4.62. The second-order valence-corrected chi connectivity index (χ2v) is 10.9. The quantitative estimate of drug-likeness (QED) is 0.171. The van der Waals surface area contributed by atoms with E-state index in [1.165, 1.54) is 33.4 Å². The zero-order valence-electron chi connectivity index (χ0n) is 25.1. The Balaban J connectivity index is 1.47. The Morgan fingerprint density at radius 1 is 0.455 bits per heavy atom. The molecule has 0 aliphatic heterocycles. The lowest BCUT2D eigenvalue weighted by molar-refractivity contribution is 0.340. The molecule has 0 aromatic heterocycles. The molecule has 1 aliphatic carbocycles. The second-order valence-electron chi connectivity index (χ2n) is 10.9. The van der Waals surface area contributed by atoms with Crippen molar-refractivity contribution in [3.8, 4) is 22.6 Å². The number of rotatable bonds is 9. The lowest BCUT2D eigenvalue weighted by atomic mass is 9.67. The van der Waals surface area contributed by atoms with E-state index < -0.39 is 5.41 Å². The molecule has 1 aliphatic rings. The summed E-state index contributed by atoms with van der Waals surface area (Å²) in [6.45, 7) is 5.28. The fraction of sp³-hybridized carbons (Fsp3) is 0.122. The van der Waals surface area contributed by atoms with Crippen molar-refractivity contribution in [2.75, 3.05) is 18.1 Å². The first-order valence-electron chi connectivity index (χ1n) is 15.4. The fourth-order valence-electron chi connectivity index (χ4n) is 6.73. The van der Waals surface area contributed by atoms with Gasteiger partial charge in [0.1, 0.15) is 11.5 Å². The number of hydrogen-bond donors (Lipinski definition) is 0. The number of nitrogens with zero attached hydrogens (tertiary/aromatic N) is 1. The Morgan fingerprint density at radius 3 is 1.43 bits per heavy atom. The van der Waals surface area contributed by atoms with Crippen LogP contribution in [0, 0.1) is 0 Å². The van der Waals surface area contributed by atoms with Crippen molar-refractivity contribution >= 4 is 17.1 Å². The van der Waals surface area contributed by atoms with Gasteiger partial charge in [0.25, 0.3) is 0 Å². The smallest absolute Gasteiger partial charge is 0.119 e. The van der Waals surface area contributed by atoms with E-state index in [0.29, 0.717) is 13.2 Å². The van der Waals surface area contributed by atoms with Gasteiger partial charge in [-0.2, -0.15) is 0 Å². The van der Waals surface area contributed by atoms with Gasteiger partial charge in [-0.3, -0.25) is 0 Å². The van der Waals surface area contributed by atoms with Gasteiger partial charge in [-0.15, -0.1) is 0 Å². The van der Waals surface area contributed by atoms with Crippen LogP contribution in [0.3, 0.4) is 0 Å². The molecular weight excluding hydrogens is 538 g/mol. The van der Waals surface area contributed by atoms with Gasteiger partial charge < -0.3 is 14.4 Å². The molecule has 3 nitrogen and oxygen atoms in total. The predicted molar refractivity (Wildman–Crippen MR) is 181 cm³/mol. The molecule has 6 aromatic carbocycles. The average Bonchev–Trinajstić information content (AvgIpc) is 3.38. The van der Waals surface area contributed by atoms with Crippen LogP contribution in [0.2, 0.25) is 0 Å². The molecule has 0 saturated heterocycles. The Labute approximate surface area is 260 Å². The van der Waals surface area contributed by atoms with E-state index >= 15 is 0 Å². The van der Waals surface area contributed by atoms with Crippen molar-refractivity contribution < 1.29 is 9.47 Å². The maximum absolute atomic E-state index is 5.78. The molecule has 0 heterocycles. The summed E-state index contributed by atoms with van der Waals surface area (Å²) in [6, 6.07) is 54.4. The van der Waals surface area contributed by atoms with Crippen LogP contribution >= 0.6 is 0 Å². The Hall–Kier alpha value is -5.28. The normalized spacial score (nSPS) is 12.7. The molecular formula is C41H35NO2. The number of fused-ring (bicyclic) bond motifs is 3. The minimum Gasteiger partial charge on any atom is -0.494 e. The van der Waals surface area contributed by atoms with Crippen molar-refractivity contribution in [2.45, 2.75) is 19.3 Å². The van der Waals surface area contributed by atoms with Crippen LogP contribution in [0.25, 0.3) is 11.1 Å². The number of benzene rings is 6. The first-order chi connectivity index (χ1) is 21.7. The van der Waals surface area contributed by atoms with E-state index in [0.717, 1.165) is 28.6 Å². The van der Waals surface area contributed by atoms with Crippen LogP contribution in [-0.4, -0.2) is 13.2 Å². The number of hydrogen-bond acceptors (Lipinski definition) is 3. The summed E-state index contributed by atoms with van der Waals surface area (Å²) >= 11 is 0. The second kappa shape index (κ2) is 11.8. The van der Waals surface area contributed by atoms with Gasteiger partial charge in [-0.05, 0) is 108 Å². The standard InChI is InChI=1S/C41H35NO2/c1-3-43-35-24-19-32(20-25-35)42(33-21-26-36(27-22-33)44-4-2)34-23-28-38-37-17-11-12-18-39(37)41(40(38)29-34,30-13-7-5-8-14-30)31-15-9-6-10-16-31/h5-29H,3-4H2,1-2H3. The molecule has 7 rings (SSSR count). The van der Waals surface area contributed by atoms with E-state index in [1.807, 2.05) is 38.1 Å². The highest BCUT2D eigenvalue weighted by Gasteiger charge is 2.46. The Morgan fingerprint density at radius 2 is 0.909 bits per heavy atom. The first kappa shape index (κ1) is 27.5. The van der Waals surface area contributed by atoms with E-state index in [-0.39, 0.29) is 0 Å². The molecule has 0 unspecified atom stereocenters. The minimum atomic E-state index is -0.465. The molecule has 6 aromatic rings. The third-order valence-corrected chi connectivity index (χ3v) is 8.51. The predicted octanol–water partition coefficient (Wildman–Crippen LogP) is 10.3. The summed E-state index contributed by atoms with van der Waals surface area (Å²) in [7, 11) is 0. The SMILES string of the molecule is CCOc1ccc(N(c2ccc(OCC)cc2)c2ccc3c(c2)C(c2ccccc2)(c2ccccc2)c2ccccc2-3)cc1. The number of anilines is 3. The summed E-state index contributed by atoms with van der Waals surface area (Å²) in [6.07, 6.45) is 0. The molecule has 0 bridgehead atoms. The Kier molecular flexibility index (Phi) is 7.37. The van der Waals surface area contributed by atoms with E-state index in [2.05, 4.69) is 132 Å². The van der Waals surface area contributed by atoms with E-state index in [9.17, 15) is 0 Å². The van der Waals surface area contributed by atoms with Crippen molar-refractivity contribution in [3.63, 3.8) is 0 Å². The molecule has 0 atom stereocenters. The highest BCUT2D eigenvalue weighted by atomic mass is 16.5. The highest BCUT2D eigenvalue weighted by molar-refractivity contribution is 5.89. The van der Waals surface area contributed by atoms with Crippen molar-refractivity contribution in [3.05, 3.63) is 174 Å². The van der Waals surface area contributed by atoms with Gasteiger partial charge in [0.05, 0.1) is 18.6 Å². The molecule has 0 spiro atoms. The van der Waals surface area contributed by atoms with Crippen LogP contribution in [-0.2, 0) is 5.41 Å². The van der Waals surface area contributed by atoms with Crippen LogP contribution in [0.15, 0.2) is 152 Å². The molecule has 0 saturated carbocycles. The molecule has 44 heavy (non-hydrogen) atoms. The largest absolute Gasteiger partial charge is 0.494 e. The minimum absolute atomic E-state index is 0.465. The summed E-state index contributed by atoms with van der Waals surface area (Å²) < 4.78 is 11.6. The number of ether oxygens (including phenoxy) is 2. The van der Waals surface area contributed by atoms with Crippen LogP contribution in [0.1, 0.15) is 36.1 Å². The Bertz CT molecular complexity index is 1770. The average molecular weight is 574 g/mol. The maximum atomic E-state index is 5.78. The molecule has 3 heteroatoms. The van der Waals surface area contributed by atoms with Crippen molar-refractivity contribution in [1.29, 1.82) is 0 Å². The van der Waals surface area contributed by atoms with Gasteiger partial charge >= 0.3 is 0 Å². The third-order valence-electron chi connectivity index (χ3n) is 8.51. The van der Waals surface area contributed by atoms with Crippen LogP contribution in [0.5, 0.6) is 11.5 Å². The summed E-state index contributed by atoms with van der Waals surface area (Å²) in [4.78, 5) is 2.31. The van der Waals surface area contributed by atoms with Gasteiger partial charge in [0, 0.05) is 17.1 Å². The topological polar surface area (TPSA) is 21.7 Å². The van der Waals surface area contributed by atoms with Gasteiger partial charge in [0.2, 0.25) is 0 Å². The zero-order valence-corrected chi connectivity index (χ0v) is 25.1. The monoisotopic (exact) mass is 573 g/mol. The van der Waals surface area contributed by atoms with Crippen LogP contribution in [0.4, 0.5) is 17.1 Å². The van der Waals surface area contributed by atoms with Gasteiger partial charge in [-0.1, -0.05) is 91.0 Å². The molecule has 216 valence electrons. The molecule has 0 amide bonds. The van der Waals surface area contributed by atoms with Gasteiger partial charge in [-0.25, -0.2) is 0 Å². The molecule has 0 fully saturated rings. The summed E-state index contributed by atoms with van der Waals surface area (Å²) in [5, 5.41) is 0. The summed E-state index contributed by atoms with van der Waals surface area (Å²) in [5.74, 6) is 1.72. The molecule has 0 N–H and O–H groups in total. The fourth-order valence-corrected chi connectivity index (χ4v) is 6.73. The molecule has 0 radical (unpaired) electrons. The van der Waals surface area contributed by atoms with Crippen molar-refractivity contribution in [1.82, 2.24) is 0 Å². The lowest BCUT2D eigenvalue weighted by Crippen LogP contribution is -2.28.